The van der Waals surface area contributed by atoms with Crippen LogP contribution in [0.4, 0.5) is 0 Å². The minimum atomic E-state index is 0.780. The van der Waals surface area contributed by atoms with Gasteiger partial charge in [-0.15, -0.1) is 0 Å². The average Bonchev–Trinajstić information content (AvgIpc) is 1.88. The van der Waals surface area contributed by atoms with Crippen LogP contribution < -0.4 is 5.19 Å². The van der Waals surface area contributed by atoms with E-state index in [9.17, 15) is 4.79 Å². The zero-order valence-corrected chi connectivity index (χ0v) is 7.29. The van der Waals surface area contributed by atoms with Crippen molar-refractivity contribution in [3.8, 4) is 0 Å². The van der Waals surface area contributed by atoms with Crippen molar-refractivity contribution < 1.29 is 4.79 Å². The van der Waals surface area contributed by atoms with Gasteiger partial charge in [0, 0.05) is 15.8 Å². The van der Waals surface area contributed by atoms with Crippen molar-refractivity contribution in [1.29, 1.82) is 0 Å². The first-order chi connectivity index (χ1) is 4.33. The van der Waals surface area contributed by atoms with Crippen molar-refractivity contribution in [2.24, 2.45) is 0 Å². The van der Waals surface area contributed by atoms with Crippen molar-refractivity contribution in [2.75, 3.05) is 0 Å². The Morgan fingerprint density at radius 3 is 2.67 bits per heavy atom. The molecule has 0 N–H and O–H groups in total. The Bertz CT molecular complexity index is 220. The predicted molar refractivity (Wildman–Crippen MR) is 41.4 cm³/mol. The van der Waals surface area contributed by atoms with Gasteiger partial charge in [0.15, 0.2) is 0 Å². The molecule has 0 bridgehead atoms. The van der Waals surface area contributed by atoms with Crippen molar-refractivity contribution in [1.82, 2.24) is 0 Å². The molecule has 1 aromatic rings. The van der Waals surface area contributed by atoms with Gasteiger partial charge in [-0.3, -0.25) is 4.79 Å². The van der Waals surface area contributed by atoms with Gasteiger partial charge in [0.1, 0.15) is 6.29 Å². The Kier molecular flexibility index (Phi) is 1.80. The van der Waals surface area contributed by atoms with Crippen LogP contribution in [0.2, 0.25) is 0 Å². The largest absolute Gasteiger partial charge is 0.298 e. The molecule has 0 atom stereocenters. The summed E-state index contributed by atoms with van der Waals surface area (Å²) >= 11 is 0. The van der Waals surface area contributed by atoms with E-state index < -0.39 is 0 Å². The highest BCUT2D eigenvalue weighted by Gasteiger charge is 1.86. The summed E-state index contributed by atoms with van der Waals surface area (Å²) in [6, 6.07) is 7.67. The quantitative estimate of drug-likeness (QED) is 0.375. The van der Waals surface area contributed by atoms with Crippen LogP contribution in [0.15, 0.2) is 24.3 Å². The van der Waals surface area contributed by atoms with Gasteiger partial charge >= 0.3 is 0 Å². The number of aldehydes is 1. The van der Waals surface area contributed by atoms with E-state index >= 15 is 0 Å². The summed E-state index contributed by atoms with van der Waals surface area (Å²) in [7, 11) is 1.02. The van der Waals surface area contributed by atoms with Gasteiger partial charge in [0.05, 0.1) is 0 Å². The summed E-state index contributed by atoms with van der Waals surface area (Å²) in [6.45, 7) is 0. The van der Waals surface area contributed by atoms with Crippen molar-refractivity contribution >= 4 is 21.7 Å². The van der Waals surface area contributed by atoms with Gasteiger partial charge in [0.25, 0.3) is 0 Å². The molecule has 0 spiro atoms. The van der Waals surface area contributed by atoms with E-state index in [-0.39, 0.29) is 0 Å². The first-order valence-electron chi connectivity index (χ1n) is 2.85. The van der Waals surface area contributed by atoms with E-state index in [1.807, 2.05) is 24.3 Å². The Hall–Kier alpha value is -0.893. The average molecular weight is 136 g/mol. The van der Waals surface area contributed by atoms with E-state index in [1.54, 1.807) is 0 Å². The molecule has 0 aliphatic heterocycles. The van der Waals surface area contributed by atoms with E-state index in [1.165, 1.54) is 5.19 Å². The number of rotatable bonds is 1. The van der Waals surface area contributed by atoms with Gasteiger partial charge in [-0.1, -0.05) is 29.5 Å². The topological polar surface area (TPSA) is 17.1 Å². The van der Waals surface area contributed by atoms with Gasteiger partial charge in [0.2, 0.25) is 0 Å². The number of carbonyl (C=O) groups excluding carboxylic acids is 1. The highest BCUT2D eigenvalue weighted by molar-refractivity contribution is 6.32. The zero-order valence-electron chi connectivity index (χ0n) is 5.29. The van der Waals surface area contributed by atoms with Gasteiger partial charge in [-0.2, -0.15) is 0 Å². The second-order valence-corrected chi connectivity index (χ2v) is 3.19. The lowest BCUT2D eigenvalue weighted by Gasteiger charge is -1.90. The molecular formula is C7H8OSi. The molecule has 0 amide bonds. The van der Waals surface area contributed by atoms with E-state index in [0.717, 1.165) is 22.1 Å². The molecule has 0 aliphatic rings. The fourth-order valence-electron chi connectivity index (χ4n) is 0.743. The van der Waals surface area contributed by atoms with Crippen LogP contribution in [0.1, 0.15) is 10.4 Å². The lowest BCUT2D eigenvalue weighted by molar-refractivity contribution is 0.112. The van der Waals surface area contributed by atoms with Crippen molar-refractivity contribution in [2.45, 2.75) is 0 Å². The SMILES string of the molecule is O=Cc1cccc([SiH3])c1. The standard InChI is InChI=1S/C7H8OSi/c8-5-6-2-1-3-7(9)4-6/h1-5H,9H3. The third-order valence-corrected chi connectivity index (χ3v) is 1.80. The van der Waals surface area contributed by atoms with Crippen LogP contribution in [0.5, 0.6) is 0 Å². The molecule has 1 rings (SSSR count). The molecule has 0 aliphatic carbocycles. The van der Waals surface area contributed by atoms with E-state index in [2.05, 4.69) is 0 Å². The number of benzene rings is 1. The minimum Gasteiger partial charge on any atom is -0.298 e. The molecule has 1 nitrogen and oxygen atoms in total. The Balaban J connectivity index is 3.07. The van der Waals surface area contributed by atoms with Crippen LogP contribution >= 0.6 is 0 Å². The van der Waals surface area contributed by atoms with Crippen molar-refractivity contribution in [3.63, 3.8) is 0 Å². The molecule has 1 aromatic carbocycles. The normalized spacial score (nSPS) is 9.33. The maximum absolute atomic E-state index is 10.2. The summed E-state index contributed by atoms with van der Waals surface area (Å²) in [5.74, 6) is 0. The minimum absolute atomic E-state index is 0.780. The molecule has 0 aromatic heterocycles. The third kappa shape index (κ3) is 1.50. The van der Waals surface area contributed by atoms with E-state index in [0.29, 0.717) is 0 Å². The molecule has 9 heavy (non-hydrogen) atoms. The Morgan fingerprint density at radius 2 is 2.22 bits per heavy atom. The molecular weight excluding hydrogens is 128 g/mol. The predicted octanol–water partition coefficient (Wildman–Crippen LogP) is -0.510. The molecule has 2 heteroatoms. The number of carbonyl (C=O) groups is 1. The summed E-state index contributed by atoms with van der Waals surface area (Å²) in [4.78, 5) is 10.2. The molecule has 0 radical (unpaired) electrons. The number of hydrogen-bond acceptors (Lipinski definition) is 1. The second-order valence-electron chi connectivity index (χ2n) is 2.03. The highest BCUT2D eigenvalue weighted by atomic mass is 28.1. The lowest BCUT2D eigenvalue weighted by atomic mass is 10.2. The summed E-state index contributed by atoms with van der Waals surface area (Å²) in [5.41, 5.74) is 0.780. The molecule has 0 saturated carbocycles. The monoisotopic (exact) mass is 136 g/mol. The van der Waals surface area contributed by atoms with Crippen molar-refractivity contribution in [3.05, 3.63) is 29.8 Å². The second kappa shape index (κ2) is 2.59. The van der Waals surface area contributed by atoms with Crippen LogP contribution in [-0.4, -0.2) is 16.5 Å². The van der Waals surface area contributed by atoms with Crippen LogP contribution in [0.3, 0.4) is 0 Å². The zero-order chi connectivity index (χ0) is 6.69. The maximum atomic E-state index is 10.2. The van der Waals surface area contributed by atoms with Crippen LogP contribution in [0.25, 0.3) is 0 Å². The van der Waals surface area contributed by atoms with Crippen LogP contribution in [-0.2, 0) is 0 Å². The van der Waals surface area contributed by atoms with Crippen LogP contribution in [0, 0.1) is 0 Å². The number of hydrogen-bond donors (Lipinski definition) is 0. The van der Waals surface area contributed by atoms with Gasteiger partial charge < -0.3 is 0 Å². The Morgan fingerprint density at radius 1 is 1.44 bits per heavy atom. The van der Waals surface area contributed by atoms with Gasteiger partial charge in [-0.25, -0.2) is 0 Å². The first-order valence-corrected chi connectivity index (χ1v) is 3.85. The highest BCUT2D eigenvalue weighted by Crippen LogP contribution is 1.89. The molecule has 46 valence electrons. The van der Waals surface area contributed by atoms with Gasteiger partial charge in [-0.05, 0) is 0 Å². The first kappa shape index (κ1) is 6.23. The summed E-state index contributed by atoms with van der Waals surface area (Å²) < 4.78 is 0. The molecule has 0 unspecified atom stereocenters. The summed E-state index contributed by atoms with van der Waals surface area (Å²) in [6.07, 6.45) is 0.876. The lowest BCUT2D eigenvalue weighted by Crippen LogP contribution is -2.01. The molecule has 0 saturated heterocycles. The third-order valence-electron chi connectivity index (χ3n) is 1.18. The van der Waals surface area contributed by atoms with E-state index in [4.69, 9.17) is 0 Å². The fourth-order valence-corrected chi connectivity index (χ4v) is 1.27. The smallest absolute Gasteiger partial charge is 0.150 e. The Labute approximate surface area is 57.1 Å². The maximum Gasteiger partial charge on any atom is 0.150 e. The molecule has 0 heterocycles. The molecule has 0 fully saturated rings. The summed E-state index contributed by atoms with van der Waals surface area (Å²) in [5, 5.41) is 1.26. The fraction of sp³-hybridized carbons (Fsp3) is 0.